The third kappa shape index (κ3) is 15.8. The number of hydrogen-bond donors (Lipinski definition) is 6. The van der Waals surface area contributed by atoms with Gasteiger partial charge in [-0.25, -0.2) is 30.2 Å². The molecule has 1 saturated carbocycles. The number of alkyl halides is 8. The molecule has 0 bridgehead atoms. The van der Waals surface area contributed by atoms with Crippen LogP contribution in [0.4, 0.5) is 49.7 Å². The highest BCUT2D eigenvalue weighted by atomic mass is 35.5. The number of anilines is 1. The first-order valence-electron chi connectivity index (χ1n) is 27.0. The van der Waals surface area contributed by atoms with Gasteiger partial charge in [0.1, 0.15) is 42.5 Å². The number of aromatic nitrogens is 5. The fourth-order valence-corrected chi connectivity index (χ4v) is 13.5. The predicted octanol–water partition coefficient (Wildman–Crippen LogP) is 9.11. The van der Waals surface area contributed by atoms with Crippen LogP contribution in [0.3, 0.4) is 0 Å². The summed E-state index contributed by atoms with van der Waals surface area (Å²) in [4.78, 5) is 86.0. The number of fused-ring (bicyclic) bond motifs is 4. The van der Waals surface area contributed by atoms with Crippen molar-refractivity contribution in [2.45, 2.75) is 127 Å². The van der Waals surface area contributed by atoms with Crippen LogP contribution in [0.25, 0.3) is 22.0 Å². The summed E-state index contributed by atoms with van der Waals surface area (Å²) in [6.07, 6.45) is -13.8. The molecule has 3 aromatic carbocycles. The van der Waals surface area contributed by atoms with Gasteiger partial charge in [0.2, 0.25) is 27.7 Å². The first kappa shape index (κ1) is 70.4. The van der Waals surface area contributed by atoms with E-state index in [4.69, 9.17) is 21.1 Å². The minimum absolute atomic E-state index is 0.0299. The molecule has 0 unspecified atom stereocenters. The van der Waals surface area contributed by atoms with E-state index < -0.39 is 205 Å². The summed E-state index contributed by atoms with van der Waals surface area (Å²) in [7, 11) is -19.4. The molecule has 22 nitrogen and oxygen atoms in total. The predicted molar refractivity (Wildman–Crippen MR) is 307 cm³/mol. The molecule has 2 aliphatic carbocycles. The summed E-state index contributed by atoms with van der Waals surface area (Å²) in [6, 6.07) is 7.00. The average molecular weight is 1390 g/mol. The Bertz CT molecular complexity index is 4270. The molecule has 8 rings (SSSR count). The van der Waals surface area contributed by atoms with Gasteiger partial charge in [0, 0.05) is 58.0 Å². The number of halogens is 11. The Morgan fingerprint density at radius 3 is 2.08 bits per heavy atom. The van der Waals surface area contributed by atoms with Crippen molar-refractivity contribution < 1.29 is 108 Å². The third-order valence-corrected chi connectivity index (χ3v) is 19.9. The molecule has 3 aromatic heterocycles. The molecule has 0 saturated heterocycles. The zero-order valence-corrected chi connectivity index (χ0v) is 52.9. The lowest BCUT2D eigenvalue weighted by molar-refractivity contribution is -0.143. The van der Waals surface area contributed by atoms with E-state index in [2.05, 4.69) is 15.5 Å². The van der Waals surface area contributed by atoms with Gasteiger partial charge in [-0.1, -0.05) is 43.6 Å². The highest BCUT2D eigenvalue weighted by Gasteiger charge is 2.68. The van der Waals surface area contributed by atoms with Crippen LogP contribution in [0.5, 0.6) is 5.75 Å². The van der Waals surface area contributed by atoms with E-state index in [0.29, 0.717) is 12.3 Å². The summed E-state index contributed by atoms with van der Waals surface area (Å²) >= 11 is 6.82. The van der Waals surface area contributed by atoms with Crippen molar-refractivity contribution in [2.75, 3.05) is 23.1 Å². The maximum atomic E-state index is 15.8. The van der Waals surface area contributed by atoms with Gasteiger partial charge < -0.3 is 24.9 Å². The fraction of sp³-hybridized carbons (Fsp3) is 0.444. The zero-order valence-electron chi connectivity index (χ0n) is 48.7. The summed E-state index contributed by atoms with van der Waals surface area (Å²) in [6.45, 7) is 3.06. The lowest BCUT2D eigenvalue weighted by Gasteiger charge is -2.31. The first-order chi connectivity index (χ1) is 41.5. The molecule has 0 spiro atoms. The van der Waals surface area contributed by atoms with Crippen molar-refractivity contribution >= 4 is 81.3 Å². The van der Waals surface area contributed by atoms with E-state index in [-0.39, 0.29) is 66.4 Å². The number of nitrogens with zero attached hydrogens (tertiary/aromatic N) is 6. The van der Waals surface area contributed by atoms with Crippen molar-refractivity contribution in [1.82, 2.24) is 35.2 Å². The van der Waals surface area contributed by atoms with E-state index in [1.54, 1.807) is 0 Å². The van der Waals surface area contributed by atoms with Crippen molar-refractivity contribution in [3.8, 4) is 16.9 Å². The fourth-order valence-electron chi connectivity index (χ4n) is 11.2. The van der Waals surface area contributed by atoms with Crippen LogP contribution in [0.2, 0.25) is 5.02 Å². The molecule has 3 heterocycles. The molecular weight excluding hydrogens is 1340 g/mol. The number of benzene rings is 3. The monoisotopic (exact) mass is 1390 g/mol. The molecule has 496 valence electrons. The van der Waals surface area contributed by atoms with Gasteiger partial charge in [-0.3, -0.25) is 43.1 Å². The van der Waals surface area contributed by atoms with E-state index in [9.17, 15) is 68.3 Å². The molecule has 1 fully saturated rings. The Morgan fingerprint density at radius 1 is 0.879 bits per heavy atom. The second-order valence-electron chi connectivity index (χ2n) is 23.6. The van der Waals surface area contributed by atoms with E-state index >= 15 is 35.5 Å². The van der Waals surface area contributed by atoms with Crippen LogP contribution in [-0.2, 0) is 93.2 Å². The number of amides is 3. The molecule has 6 aromatic rings. The Hall–Kier alpha value is -6.51. The minimum Gasteiger partial charge on any atom is -0.404 e. The Kier molecular flexibility index (Phi) is 18.9. The van der Waals surface area contributed by atoms with Crippen molar-refractivity contribution in [1.29, 1.82) is 0 Å². The van der Waals surface area contributed by atoms with Crippen molar-refractivity contribution in [3.63, 3.8) is 0 Å². The molecule has 6 N–H and O–H groups in total. The number of aryl methyl sites for hydroxylation is 2. The van der Waals surface area contributed by atoms with Gasteiger partial charge >= 0.3 is 27.8 Å². The Labute approximate surface area is 517 Å². The second-order valence-corrected chi connectivity index (χ2v) is 31.3. The lowest BCUT2D eigenvalue weighted by Crippen LogP contribution is -2.40. The number of pyridine rings is 1. The van der Waals surface area contributed by atoms with Crippen LogP contribution in [0.1, 0.15) is 110 Å². The van der Waals surface area contributed by atoms with Gasteiger partial charge in [-0.2, -0.15) is 49.6 Å². The summed E-state index contributed by atoms with van der Waals surface area (Å²) in [5.74, 6) is -14.9. The van der Waals surface area contributed by atoms with E-state index in [0.717, 1.165) is 36.6 Å². The van der Waals surface area contributed by atoms with Crippen molar-refractivity contribution in [3.05, 3.63) is 122 Å². The number of sulfonamides is 1. The van der Waals surface area contributed by atoms with Crippen molar-refractivity contribution in [2.24, 2.45) is 5.92 Å². The number of sulfone groups is 1. The van der Waals surface area contributed by atoms with Gasteiger partial charge in [0.05, 0.1) is 45.1 Å². The largest absolute Gasteiger partial charge is 0.524 e. The third-order valence-electron chi connectivity index (χ3n) is 15.3. The van der Waals surface area contributed by atoms with E-state index in [1.807, 2.05) is 5.32 Å². The number of hydrogen-bond acceptors (Lipinski definition) is 13. The molecule has 3 atom stereocenters. The van der Waals surface area contributed by atoms with Crippen LogP contribution in [0, 0.1) is 24.5 Å². The highest BCUT2D eigenvalue weighted by Crippen LogP contribution is 2.68. The van der Waals surface area contributed by atoms with Gasteiger partial charge in [0.25, 0.3) is 5.92 Å². The van der Waals surface area contributed by atoms with Crippen LogP contribution in [0.15, 0.2) is 54.6 Å². The first-order valence-corrected chi connectivity index (χ1v) is 34.4. The molecule has 0 aliphatic heterocycles. The quantitative estimate of drug-likeness (QED) is 0.0257. The number of carbonyl (C=O) groups is 3. The molecular formula is C54H57ClF10N8O14P2S2. The summed E-state index contributed by atoms with van der Waals surface area (Å²) < 4.78 is 232. The molecule has 2 aliphatic rings. The number of rotatable bonds is 23. The second kappa shape index (κ2) is 24.4. The van der Waals surface area contributed by atoms with Crippen LogP contribution in [-0.4, -0.2) is 108 Å². The topological polar surface area (TPSA) is 320 Å². The van der Waals surface area contributed by atoms with Gasteiger partial charge in [0.15, 0.2) is 21.3 Å². The smallest absolute Gasteiger partial charge is 0.404 e. The maximum absolute atomic E-state index is 15.8. The van der Waals surface area contributed by atoms with Crippen LogP contribution >= 0.6 is 27.0 Å². The number of nitrogens with one attached hydrogen (secondary N) is 2. The molecule has 0 radical (unpaired) electrons. The summed E-state index contributed by atoms with van der Waals surface area (Å²) in [5.41, 5.74) is -8.37. The SMILES string of the molecule is Cc1cc(CC(=O)NCP(=O)(O)O)c(C(C)(C)CC(=O)N(c2nn(CC(F)(F)F)c3c(-c4ccc(CCC(C)(C)S(C)(=O)=O)nc4[C@H](Cc4cc(F)cc(F)c4)NC(=O)Cn4nc(C(F)(F)F)c5c4C(F)(F)[C@@H]4C[C@H]54)ccc(Cl)c23)S(C)(=O)=O)c(OP(=O)(O)O)c1. The van der Waals surface area contributed by atoms with E-state index in [1.165, 1.54) is 52.8 Å². The maximum Gasteiger partial charge on any atom is 0.524 e. The zero-order chi connectivity index (χ0) is 68.1. The number of carbonyl (C=O) groups excluding carboxylic acids is 3. The van der Waals surface area contributed by atoms with Gasteiger partial charge in [-0.15, -0.1) is 0 Å². The molecule has 3 amide bonds. The average Bonchev–Trinajstić information content (AvgIpc) is 1.52. The minimum atomic E-state index is -5.54. The normalized spacial score (nSPS) is 16.5. The lowest BCUT2D eigenvalue weighted by atomic mass is 9.77. The van der Waals surface area contributed by atoms with Crippen LogP contribution < -0.4 is 19.5 Å². The molecule has 37 heteroatoms. The molecule has 91 heavy (non-hydrogen) atoms. The number of phosphoric ester groups is 1. The highest BCUT2D eigenvalue weighted by molar-refractivity contribution is 7.93. The Balaban J connectivity index is 1.33. The standard InChI is InChI=1S/C54H57ClF10N8O14P2S2/c1-26-14-28(19-39(74)66-25-88(77,78)79)44(38(15-26)87-89(80,81)82)50(2,3)22-41(76)73(91(7,85)86)49-43-36(55)11-10-33(46(43)72(70-49)24-52(58,59)60)32-9-8-31(12-13-51(4,5)90(6,83)84)67-45(32)37(18-27-16-29(56)20-30(57)17-27)68-40(75)23-71-48-42(47(69-71)54(63,64)65)34-21-35(34)53(48,61)62/h8-11,14-17,20,34-35,37H,12-13,18-19,21-25H2,1-7H3,(H,66,74)(H,68,75)(H2,77,78,79)(H2,80,81,82)/t34-,35+,37-/m0/s1. The summed E-state index contributed by atoms with van der Waals surface area (Å²) in [5, 5.41) is 10.5. The van der Waals surface area contributed by atoms with Gasteiger partial charge in [-0.05, 0) is 99.4 Å². The Morgan fingerprint density at radius 2 is 1.51 bits per heavy atom. The number of phosphoric acid groups is 1.